The van der Waals surface area contributed by atoms with Crippen LogP contribution < -0.4 is 5.32 Å². The molecule has 1 aliphatic carbocycles. The first-order chi connectivity index (χ1) is 7.63. The SMILES string of the molecule is CCN(C1CC1)S(=O)(=O)CC1CCNCC1. The van der Waals surface area contributed by atoms with Gasteiger partial charge in [-0.3, -0.25) is 0 Å². The molecule has 0 spiro atoms. The van der Waals surface area contributed by atoms with Gasteiger partial charge in [-0.05, 0) is 44.7 Å². The van der Waals surface area contributed by atoms with Crippen molar-refractivity contribution < 1.29 is 8.42 Å². The predicted molar refractivity (Wildman–Crippen MR) is 64.8 cm³/mol. The Morgan fingerprint density at radius 3 is 2.31 bits per heavy atom. The molecule has 0 aromatic heterocycles. The van der Waals surface area contributed by atoms with Crippen molar-refractivity contribution in [3.8, 4) is 0 Å². The summed E-state index contributed by atoms with van der Waals surface area (Å²) < 4.78 is 26.2. The van der Waals surface area contributed by atoms with E-state index in [4.69, 9.17) is 0 Å². The topological polar surface area (TPSA) is 49.4 Å². The molecular weight excluding hydrogens is 224 g/mol. The Bertz CT molecular complexity index is 319. The third kappa shape index (κ3) is 2.96. The zero-order valence-corrected chi connectivity index (χ0v) is 10.8. The van der Waals surface area contributed by atoms with Gasteiger partial charge in [0.1, 0.15) is 0 Å². The Morgan fingerprint density at radius 1 is 1.19 bits per heavy atom. The molecule has 2 fully saturated rings. The first-order valence-electron chi connectivity index (χ1n) is 6.33. The molecule has 2 rings (SSSR count). The first kappa shape index (κ1) is 12.3. The number of sulfonamides is 1. The Morgan fingerprint density at radius 2 is 1.81 bits per heavy atom. The van der Waals surface area contributed by atoms with Crippen LogP contribution in [0.1, 0.15) is 32.6 Å². The van der Waals surface area contributed by atoms with Crippen LogP contribution in [-0.4, -0.2) is 44.2 Å². The van der Waals surface area contributed by atoms with Gasteiger partial charge in [-0.15, -0.1) is 0 Å². The number of rotatable bonds is 5. The Kier molecular flexibility index (Phi) is 3.87. The fourth-order valence-electron chi connectivity index (χ4n) is 2.49. The van der Waals surface area contributed by atoms with Gasteiger partial charge in [-0.25, -0.2) is 8.42 Å². The summed E-state index contributed by atoms with van der Waals surface area (Å²) in [5, 5.41) is 3.27. The molecule has 1 heterocycles. The summed E-state index contributed by atoms with van der Waals surface area (Å²) in [6.45, 7) is 4.52. The molecule has 5 heteroatoms. The van der Waals surface area contributed by atoms with E-state index in [9.17, 15) is 8.42 Å². The average Bonchev–Trinajstić information content (AvgIpc) is 3.03. The van der Waals surface area contributed by atoms with Gasteiger partial charge >= 0.3 is 0 Å². The highest BCUT2D eigenvalue weighted by atomic mass is 32.2. The van der Waals surface area contributed by atoms with Gasteiger partial charge in [0.25, 0.3) is 0 Å². The molecule has 0 atom stereocenters. The standard InChI is InChI=1S/C11H22N2O2S/c1-2-13(11-3-4-11)16(14,15)9-10-5-7-12-8-6-10/h10-12H,2-9H2,1H3. The van der Waals surface area contributed by atoms with Crippen LogP contribution in [0.2, 0.25) is 0 Å². The third-order valence-electron chi connectivity index (χ3n) is 3.53. The Hall–Kier alpha value is -0.130. The van der Waals surface area contributed by atoms with Crippen LogP contribution in [0.25, 0.3) is 0 Å². The first-order valence-corrected chi connectivity index (χ1v) is 7.94. The molecular formula is C11H22N2O2S. The van der Waals surface area contributed by atoms with Gasteiger partial charge in [0.2, 0.25) is 10.0 Å². The van der Waals surface area contributed by atoms with Crippen LogP contribution in [-0.2, 0) is 10.0 Å². The van der Waals surface area contributed by atoms with E-state index in [1.165, 1.54) is 0 Å². The van der Waals surface area contributed by atoms with Crippen LogP contribution in [0.5, 0.6) is 0 Å². The van der Waals surface area contributed by atoms with Gasteiger partial charge in [0.15, 0.2) is 0 Å². The van der Waals surface area contributed by atoms with Gasteiger partial charge in [-0.1, -0.05) is 6.92 Å². The van der Waals surface area contributed by atoms with E-state index in [0.29, 0.717) is 24.3 Å². The van der Waals surface area contributed by atoms with Crippen molar-refractivity contribution in [1.29, 1.82) is 0 Å². The van der Waals surface area contributed by atoms with E-state index in [1.807, 2.05) is 6.92 Å². The molecule has 1 saturated carbocycles. The minimum absolute atomic E-state index is 0.316. The van der Waals surface area contributed by atoms with Crippen molar-refractivity contribution in [2.75, 3.05) is 25.4 Å². The van der Waals surface area contributed by atoms with Gasteiger partial charge < -0.3 is 5.32 Å². The third-order valence-corrected chi connectivity index (χ3v) is 5.69. The lowest BCUT2D eigenvalue weighted by atomic mass is 10.0. The number of nitrogens with zero attached hydrogens (tertiary/aromatic N) is 1. The maximum absolute atomic E-state index is 12.2. The monoisotopic (exact) mass is 246 g/mol. The van der Waals surface area contributed by atoms with Crippen molar-refractivity contribution in [3.63, 3.8) is 0 Å². The summed E-state index contributed by atoms with van der Waals surface area (Å²) in [6.07, 6.45) is 4.11. The van der Waals surface area contributed by atoms with Crippen LogP contribution in [0.4, 0.5) is 0 Å². The second kappa shape index (κ2) is 5.02. The van der Waals surface area contributed by atoms with E-state index < -0.39 is 10.0 Å². The Labute approximate surface area is 98.4 Å². The minimum Gasteiger partial charge on any atom is -0.317 e. The summed E-state index contributed by atoms with van der Waals surface area (Å²) in [5.41, 5.74) is 0. The number of nitrogens with one attached hydrogen (secondary N) is 1. The maximum Gasteiger partial charge on any atom is 0.214 e. The van der Waals surface area contributed by atoms with Gasteiger partial charge in [0.05, 0.1) is 5.75 Å². The van der Waals surface area contributed by atoms with Crippen LogP contribution in [0.15, 0.2) is 0 Å². The quantitative estimate of drug-likeness (QED) is 0.780. The summed E-state index contributed by atoms with van der Waals surface area (Å²) >= 11 is 0. The zero-order valence-electron chi connectivity index (χ0n) is 9.98. The number of hydrogen-bond acceptors (Lipinski definition) is 3. The summed E-state index contributed by atoms with van der Waals surface area (Å²) in [7, 11) is -3.00. The average molecular weight is 246 g/mol. The van der Waals surface area contributed by atoms with Crippen LogP contribution >= 0.6 is 0 Å². The van der Waals surface area contributed by atoms with Crippen molar-refractivity contribution in [3.05, 3.63) is 0 Å². The molecule has 1 N–H and O–H groups in total. The number of hydrogen-bond donors (Lipinski definition) is 1. The summed E-state index contributed by atoms with van der Waals surface area (Å²) in [6, 6.07) is 0.316. The summed E-state index contributed by atoms with van der Waals surface area (Å²) in [5.74, 6) is 0.720. The highest BCUT2D eigenvalue weighted by Gasteiger charge is 2.37. The number of piperidine rings is 1. The lowest BCUT2D eigenvalue weighted by Crippen LogP contribution is -2.39. The molecule has 0 amide bonds. The van der Waals surface area contributed by atoms with E-state index >= 15 is 0 Å². The smallest absolute Gasteiger partial charge is 0.214 e. The molecule has 16 heavy (non-hydrogen) atoms. The normalized spacial score (nSPS) is 23.9. The van der Waals surface area contributed by atoms with E-state index in [0.717, 1.165) is 38.8 Å². The lowest BCUT2D eigenvalue weighted by Gasteiger charge is -2.26. The fourth-order valence-corrected chi connectivity index (χ4v) is 4.67. The molecule has 2 aliphatic rings. The molecule has 94 valence electrons. The molecule has 1 aliphatic heterocycles. The van der Waals surface area contributed by atoms with Crippen molar-refractivity contribution >= 4 is 10.0 Å². The molecule has 4 nitrogen and oxygen atoms in total. The zero-order chi connectivity index (χ0) is 11.6. The molecule has 0 aromatic rings. The summed E-state index contributed by atoms with van der Waals surface area (Å²) in [4.78, 5) is 0. The maximum atomic E-state index is 12.2. The molecule has 0 aromatic carbocycles. The Balaban J connectivity index is 1.94. The predicted octanol–water partition coefficient (Wildman–Crippen LogP) is 0.800. The second-order valence-corrected chi connectivity index (χ2v) is 6.87. The van der Waals surface area contributed by atoms with Crippen molar-refractivity contribution in [2.45, 2.75) is 38.6 Å². The van der Waals surface area contributed by atoms with Gasteiger partial charge in [-0.2, -0.15) is 4.31 Å². The van der Waals surface area contributed by atoms with Crippen LogP contribution in [0, 0.1) is 5.92 Å². The minimum atomic E-state index is -3.00. The highest BCUT2D eigenvalue weighted by molar-refractivity contribution is 7.89. The molecule has 0 radical (unpaired) electrons. The van der Waals surface area contributed by atoms with E-state index in [-0.39, 0.29) is 0 Å². The van der Waals surface area contributed by atoms with E-state index in [2.05, 4.69) is 5.32 Å². The molecule has 0 unspecified atom stereocenters. The largest absolute Gasteiger partial charge is 0.317 e. The van der Waals surface area contributed by atoms with Crippen LogP contribution in [0.3, 0.4) is 0 Å². The van der Waals surface area contributed by atoms with E-state index in [1.54, 1.807) is 4.31 Å². The van der Waals surface area contributed by atoms with Crippen molar-refractivity contribution in [1.82, 2.24) is 9.62 Å². The van der Waals surface area contributed by atoms with Gasteiger partial charge in [0, 0.05) is 12.6 Å². The highest BCUT2D eigenvalue weighted by Crippen LogP contribution is 2.30. The lowest BCUT2D eigenvalue weighted by molar-refractivity contribution is 0.377. The van der Waals surface area contributed by atoms with Crippen molar-refractivity contribution in [2.24, 2.45) is 5.92 Å². The second-order valence-electron chi connectivity index (χ2n) is 4.91. The molecule has 1 saturated heterocycles. The fraction of sp³-hybridized carbons (Fsp3) is 1.00. The molecule has 0 bridgehead atoms.